The standard InChI is InChI=1S/C8H16O.C8H16S.C7H16N2.2C2H6/c1-7(2)8-3-5-9-6-4-8;1-7(2)8-4-3-5-9-6-8;1-8-7-5-3-2-4-6-9-7;2*1-2/h2*7-8H,3-6H2,1-2H3;7-9H,2-6H2,1H3;2*1-2H3. The Hall–Kier alpha value is 0.230. The predicted octanol–water partition coefficient (Wildman–Crippen LogP) is 7.60. The number of rotatable bonds is 3. The highest BCUT2D eigenvalue weighted by Crippen LogP contribution is 2.27. The van der Waals surface area contributed by atoms with Gasteiger partial charge in [-0.3, -0.25) is 0 Å². The fourth-order valence-corrected chi connectivity index (χ4v) is 5.34. The van der Waals surface area contributed by atoms with Crippen molar-refractivity contribution in [2.75, 3.05) is 38.3 Å². The number of hydrogen-bond acceptors (Lipinski definition) is 4. The third-order valence-corrected chi connectivity index (χ3v) is 7.50. The molecule has 3 aliphatic rings. The van der Waals surface area contributed by atoms with E-state index in [0.717, 1.165) is 36.9 Å². The first-order chi connectivity index (χ1) is 15.0. The largest absolute Gasteiger partial charge is 0.381 e. The molecule has 2 N–H and O–H groups in total. The average Bonchev–Trinajstić information content (AvgIpc) is 3.13. The van der Waals surface area contributed by atoms with Gasteiger partial charge in [0.1, 0.15) is 0 Å². The Balaban J connectivity index is 0. The molecule has 2 atom stereocenters. The van der Waals surface area contributed by atoms with Crippen LogP contribution in [0, 0.1) is 23.7 Å². The van der Waals surface area contributed by atoms with Crippen LogP contribution in [0.1, 0.15) is 107 Å². The minimum Gasteiger partial charge on any atom is -0.381 e. The maximum Gasteiger partial charge on any atom is 0.0569 e. The van der Waals surface area contributed by atoms with E-state index < -0.39 is 0 Å². The van der Waals surface area contributed by atoms with E-state index in [0.29, 0.717) is 6.17 Å². The van der Waals surface area contributed by atoms with E-state index in [9.17, 15) is 0 Å². The molecular formula is C27H60N2OS. The molecule has 0 aromatic carbocycles. The van der Waals surface area contributed by atoms with E-state index in [1.54, 1.807) is 0 Å². The number of nitrogens with one attached hydrogen (secondary N) is 2. The van der Waals surface area contributed by atoms with Crippen LogP contribution in [0.2, 0.25) is 0 Å². The Morgan fingerprint density at radius 1 is 0.774 bits per heavy atom. The molecule has 4 heteroatoms. The molecule has 0 amide bonds. The van der Waals surface area contributed by atoms with Gasteiger partial charge in [0.2, 0.25) is 0 Å². The summed E-state index contributed by atoms with van der Waals surface area (Å²) in [5, 5.41) is 6.65. The summed E-state index contributed by atoms with van der Waals surface area (Å²) in [5.74, 6) is 6.54. The average molecular weight is 461 g/mol. The predicted molar refractivity (Wildman–Crippen MR) is 145 cm³/mol. The normalized spacial score (nSPS) is 24.1. The summed E-state index contributed by atoms with van der Waals surface area (Å²) in [7, 11) is 2.02. The van der Waals surface area contributed by atoms with E-state index in [1.165, 1.54) is 69.4 Å². The molecule has 0 bridgehead atoms. The van der Waals surface area contributed by atoms with Gasteiger partial charge in [0.15, 0.2) is 0 Å². The van der Waals surface area contributed by atoms with Crippen molar-refractivity contribution in [2.45, 2.75) is 113 Å². The van der Waals surface area contributed by atoms with Gasteiger partial charge in [-0.15, -0.1) is 0 Å². The fourth-order valence-electron chi connectivity index (χ4n) is 3.95. The molecule has 0 aromatic rings. The van der Waals surface area contributed by atoms with Crippen LogP contribution >= 0.6 is 11.8 Å². The van der Waals surface area contributed by atoms with Crippen LogP contribution in [0.3, 0.4) is 0 Å². The first kappa shape index (κ1) is 33.4. The van der Waals surface area contributed by atoms with Gasteiger partial charge >= 0.3 is 0 Å². The molecule has 3 nitrogen and oxygen atoms in total. The Bertz CT molecular complexity index is 297. The summed E-state index contributed by atoms with van der Waals surface area (Å²) in [5.41, 5.74) is 0. The molecule has 0 radical (unpaired) electrons. The highest BCUT2D eigenvalue weighted by Gasteiger charge is 2.17. The highest BCUT2D eigenvalue weighted by molar-refractivity contribution is 7.99. The molecule has 190 valence electrons. The van der Waals surface area contributed by atoms with Gasteiger partial charge in [-0.1, -0.05) is 68.2 Å². The maximum absolute atomic E-state index is 5.25. The molecule has 31 heavy (non-hydrogen) atoms. The van der Waals surface area contributed by atoms with Crippen LogP contribution < -0.4 is 10.6 Å². The molecule has 3 rings (SSSR count). The lowest BCUT2D eigenvalue weighted by molar-refractivity contribution is 0.0523. The van der Waals surface area contributed by atoms with Crippen LogP contribution in [0.15, 0.2) is 0 Å². The van der Waals surface area contributed by atoms with Crippen molar-refractivity contribution in [3.8, 4) is 0 Å². The first-order valence-electron chi connectivity index (χ1n) is 13.6. The van der Waals surface area contributed by atoms with E-state index in [2.05, 4.69) is 50.1 Å². The lowest BCUT2D eigenvalue weighted by atomic mass is 9.89. The van der Waals surface area contributed by atoms with Crippen molar-refractivity contribution in [3.05, 3.63) is 0 Å². The topological polar surface area (TPSA) is 33.3 Å². The monoisotopic (exact) mass is 460 g/mol. The van der Waals surface area contributed by atoms with Gasteiger partial charge in [-0.05, 0) is 87.3 Å². The molecule has 0 aliphatic carbocycles. The van der Waals surface area contributed by atoms with Crippen molar-refractivity contribution in [1.29, 1.82) is 0 Å². The second-order valence-electron chi connectivity index (χ2n) is 9.06. The number of ether oxygens (including phenoxy) is 1. The first-order valence-corrected chi connectivity index (χ1v) is 14.8. The lowest BCUT2D eigenvalue weighted by Gasteiger charge is -2.24. The van der Waals surface area contributed by atoms with E-state index >= 15 is 0 Å². The molecule has 0 spiro atoms. The van der Waals surface area contributed by atoms with E-state index in [1.807, 2.05) is 34.7 Å². The van der Waals surface area contributed by atoms with Gasteiger partial charge in [0.25, 0.3) is 0 Å². The third-order valence-electron chi connectivity index (χ3n) is 6.26. The molecule has 3 fully saturated rings. The van der Waals surface area contributed by atoms with E-state index in [-0.39, 0.29) is 0 Å². The minimum atomic E-state index is 0.576. The van der Waals surface area contributed by atoms with Crippen molar-refractivity contribution in [1.82, 2.24) is 10.6 Å². The second-order valence-corrected chi connectivity index (χ2v) is 10.2. The van der Waals surface area contributed by atoms with Gasteiger partial charge < -0.3 is 15.4 Å². The molecular weight excluding hydrogens is 400 g/mol. The van der Waals surface area contributed by atoms with Crippen LogP contribution in [-0.2, 0) is 4.74 Å². The molecule has 2 unspecified atom stereocenters. The molecule has 0 saturated carbocycles. The summed E-state index contributed by atoms with van der Waals surface area (Å²) in [6.45, 7) is 20.5. The number of hydrogen-bond donors (Lipinski definition) is 2. The summed E-state index contributed by atoms with van der Waals surface area (Å²) in [4.78, 5) is 0. The highest BCUT2D eigenvalue weighted by atomic mass is 32.2. The van der Waals surface area contributed by atoms with Crippen molar-refractivity contribution < 1.29 is 4.74 Å². The quantitative estimate of drug-likeness (QED) is 0.454. The Kier molecular flexibility index (Phi) is 26.8. The molecule has 3 heterocycles. The summed E-state index contributed by atoms with van der Waals surface area (Å²) in [6.07, 6.45) is 11.5. The van der Waals surface area contributed by atoms with Gasteiger partial charge in [-0.2, -0.15) is 11.8 Å². The molecule has 3 saturated heterocycles. The Labute approximate surface area is 202 Å². The van der Waals surface area contributed by atoms with E-state index in [4.69, 9.17) is 4.74 Å². The SMILES string of the molecule is CC.CC.CC(C)C1CCCSC1.CC(C)C1CCOCC1.CNC1CCCCCN1. The third kappa shape index (κ3) is 19.4. The zero-order valence-corrected chi connectivity index (χ0v) is 23.7. The summed E-state index contributed by atoms with van der Waals surface area (Å²) < 4.78 is 5.25. The fraction of sp³-hybridized carbons (Fsp3) is 1.00. The van der Waals surface area contributed by atoms with Gasteiger partial charge in [-0.25, -0.2) is 0 Å². The van der Waals surface area contributed by atoms with Crippen LogP contribution in [-0.4, -0.2) is 44.5 Å². The Morgan fingerprint density at radius 2 is 1.39 bits per heavy atom. The Morgan fingerprint density at radius 3 is 1.81 bits per heavy atom. The van der Waals surface area contributed by atoms with Crippen molar-refractivity contribution >= 4 is 11.8 Å². The zero-order valence-electron chi connectivity index (χ0n) is 22.9. The van der Waals surface area contributed by atoms with Gasteiger partial charge in [0.05, 0.1) is 6.17 Å². The lowest BCUT2D eigenvalue weighted by Crippen LogP contribution is -2.39. The van der Waals surface area contributed by atoms with Crippen molar-refractivity contribution in [3.63, 3.8) is 0 Å². The van der Waals surface area contributed by atoms with Crippen molar-refractivity contribution in [2.24, 2.45) is 23.7 Å². The zero-order chi connectivity index (χ0) is 23.9. The van der Waals surface area contributed by atoms with Crippen LogP contribution in [0.4, 0.5) is 0 Å². The molecule has 3 aliphatic heterocycles. The summed E-state index contributed by atoms with van der Waals surface area (Å²) in [6, 6.07) is 0. The second kappa shape index (κ2) is 24.9. The minimum absolute atomic E-state index is 0.576. The van der Waals surface area contributed by atoms with Crippen LogP contribution in [0.25, 0.3) is 0 Å². The van der Waals surface area contributed by atoms with Gasteiger partial charge in [0, 0.05) is 13.2 Å². The van der Waals surface area contributed by atoms with Crippen LogP contribution in [0.5, 0.6) is 0 Å². The number of thioether (sulfide) groups is 1. The summed E-state index contributed by atoms with van der Waals surface area (Å²) >= 11 is 2.13. The smallest absolute Gasteiger partial charge is 0.0569 e. The maximum atomic E-state index is 5.25. The molecule has 0 aromatic heterocycles.